The minimum Gasteiger partial charge on any atom is -0.506 e. The number of rotatable bonds is 1. The Kier molecular flexibility index (Phi) is 2.41. The van der Waals surface area contributed by atoms with E-state index in [1.165, 1.54) is 0 Å². The van der Waals surface area contributed by atoms with Crippen LogP contribution in [0.15, 0.2) is 11.5 Å². The van der Waals surface area contributed by atoms with E-state index in [9.17, 15) is 4.79 Å². The van der Waals surface area contributed by atoms with Crippen molar-refractivity contribution >= 4 is 5.97 Å². The second-order valence-electron chi connectivity index (χ2n) is 2.46. The van der Waals surface area contributed by atoms with Crippen LogP contribution in [0.5, 0.6) is 0 Å². The molecule has 3 atom stereocenters. The first-order chi connectivity index (χ1) is 5.95. The van der Waals surface area contributed by atoms with Crippen LogP contribution >= 0.6 is 0 Å². The van der Waals surface area contributed by atoms with Gasteiger partial charge in [0.15, 0.2) is 5.76 Å². The van der Waals surface area contributed by atoms with Crippen LogP contribution in [0.3, 0.4) is 0 Å². The van der Waals surface area contributed by atoms with Gasteiger partial charge in [-0.05, 0) is 0 Å². The molecule has 0 aliphatic carbocycles. The summed E-state index contributed by atoms with van der Waals surface area (Å²) in [5.74, 6) is -3.61. The average molecular weight is 192 g/mol. The molecule has 7 heteroatoms. The first kappa shape index (κ1) is 9.78. The second-order valence-corrected chi connectivity index (χ2v) is 2.46. The Hall–Kier alpha value is -1.31. The van der Waals surface area contributed by atoms with Gasteiger partial charge < -0.3 is 30.3 Å². The maximum absolute atomic E-state index is 10.3. The van der Waals surface area contributed by atoms with Gasteiger partial charge in [0.05, 0.1) is 0 Å². The van der Waals surface area contributed by atoms with Crippen molar-refractivity contribution in [3.63, 3.8) is 0 Å². The molecule has 0 spiro atoms. The highest BCUT2D eigenvalue weighted by molar-refractivity contribution is 5.85. The molecule has 5 N–H and O–H groups in total. The molecular formula is C6H8O7. The summed E-state index contributed by atoms with van der Waals surface area (Å²) in [6.45, 7) is 0. The highest BCUT2D eigenvalue weighted by atomic mass is 16.6. The van der Waals surface area contributed by atoms with Crippen molar-refractivity contribution in [2.24, 2.45) is 0 Å². The lowest BCUT2D eigenvalue weighted by Gasteiger charge is -2.28. The van der Waals surface area contributed by atoms with Crippen LogP contribution < -0.4 is 0 Å². The molecule has 0 aromatic rings. The number of hydrogen-bond acceptors (Lipinski definition) is 6. The van der Waals surface area contributed by atoms with Gasteiger partial charge in [0.1, 0.15) is 12.2 Å². The fraction of sp³-hybridized carbons (Fsp3) is 0.500. The maximum atomic E-state index is 10.3. The van der Waals surface area contributed by atoms with Crippen LogP contribution in [-0.4, -0.2) is 50.0 Å². The lowest BCUT2D eigenvalue weighted by molar-refractivity contribution is -0.194. The normalized spacial score (nSPS) is 34.2. The molecule has 1 aliphatic heterocycles. The molecule has 0 aromatic carbocycles. The Labute approximate surface area is 72.1 Å². The highest BCUT2D eigenvalue weighted by Crippen LogP contribution is 2.21. The van der Waals surface area contributed by atoms with Gasteiger partial charge in [-0.15, -0.1) is 0 Å². The largest absolute Gasteiger partial charge is 0.506 e. The molecule has 0 fully saturated rings. The SMILES string of the molecule is O=C(O)C1=C(O)C(O)C(O)C(O)O1. The van der Waals surface area contributed by atoms with Gasteiger partial charge in [0, 0.05) is 0 Å². The molecule has 3 unspecified atom stereocenters. The Morgan fingerprint density at radius 3 is 2.31 bits per heavy atom. The van der Waals surface area contributed by atoms with E-state index in [1.54, 1.807) is 0 Å². The third kappa shape index (κ3) is 1.57. The van der Waals surface area contributed by atoms with E-state index in [4.69, 9.17) is 25.5 Å². The lowest BCUT2D eigenvalue weighted by Crippen LogP contribution is -2.45. The van der Waals surface area contributed by atoms with E-state index < -0.39 is 36.0 Å². The molecule has 0 bridgehead atoms. The number of aliphatic carboxylic acids is 1. The average Bonchev–Trinajstić information content (AvgIpc) is 2.07. The van der Waals surface area contributed by atoms with Crippen LogP contribution in [-0.2, 0) is 9.53 Å². The zero-order chi connectivity index (χ0) is 10.2. The summed E-state index contributed by atoms with van der Waals surface area (Å²) < 4.78 is 4.22. The fourth-order valence-electron chi connectivity index (χ4n) is 0.863. The molecule has 1 aliphatic rings. The topological polar surface area (TPSA) is 127 Å². The summed E-state index contributed by atoms with van der Waals surface area (Å²) in [4.78, 5) is 10.3. The van der Waals surface area contributed by atoms with Crippen molar-refractivity contribution in [2.75, 3.05) is 0 Å². The monoisotopic (exact) mass is 192 g/mol. The molecule has 0 radical (unpaired) electrons. The Morgan fingerprint density at radius 2 is 1.85 bits per heavy atom. The van der Waals surface area contributed by atoms with Gasteiger partial charge in [0.25, 0.3) is 0 Å². The Morgan fingerprint density at radius 1 is 1.31 bits per heavy atom. The lowest BCUT2D eigenvalue weighted by atomic mass is 10.1. The van der Waals surface area contributed by atoms with Crippen molar-refractivity contribution in [2.45, 2.75) is 18.5 Å². The molecule has 1 rings (SSSR count). The van der Waals surface area contributed by atoms with Gasteiger partial charge in [-0.2, -0.15) is 0 Å². The van der Waals surface area contributed by atoms with Gasteiger partial charge in [-0.25, -0.2) is 4.79 Å². The first-order valence-corrected chi connectivity index (χ1v) is 3.32. The van der Waals surface area contributed by atoms with Gasteiger partial charge in [-0.1, -0.05) is 0 Å². The van der Waals surface area contributed by atoms with Gasteiger partial charge >= 0.3 is 5.97 Å². The van der Waals surface area contributed by atoms with E-state index in [1.807, 2.05) is 0 Å². The quantitative estimate of drug-likeness (QED) is 0.322. The van der Waals surface area contributed by atoms with Crippen LogP contribution in [0.4, 0.5) is 0 Å². The molecule has 74 valence electrons. The van der Waals surface area contributed by atoms with Gasteiger partial charge in [-0.3, -0.25) is 0 Å². The smallest absolute Gasteiger partial charge is 0.375 e. The number of carbonyl (C=O) groups is 1. The summed E-state index contributed by atoms with van der Waals surface area (Å²) in [6.07, 6.45) is -5.48. The molecule has 0 saturated heterocycles. The summed E-state index contributed by atoms with van der Waals surface area (Å²) >= 11 is 0. The van der Waals surface area contributed by atoms with E-state index in [-0.39, 0.29) is 0 Å². The van der Waals surface area contributed by atoms with Crippen LogP contribution in [0.25, 0.3) is 0 Å². The van der Waals surface area contributed by atoms with Crippen LogP contribution in [0.1, 0.15) is 0 Å². The third-order valence-corrected chi connectivity index (χ3v) is 1.56. The van der Waals surface area contributed by atoms with E-state index in [0.717, 1.165) is 0 Å². The third-order valence-electron chi connectivity index (χ3n) is 1.56. The summed E-state index contributed by atoms with van der Waals surface area (Å²) in [6, 6.07) is 0. The summed E-state index contributed by atoms with van der Waals surface area (Å²) in [5, 5.41) is 44.1. The standard InChI is InChI=1S/C6H8O7/c7-1-2(8)4(5(10)11)13-6(12)3(1)9/h1,3,6-9,12H,(H,10,11). The molecule has 1 heterocycles. The number of aliphatic hydroxyl groups excluding tert-OH is 4. The van der Waals surface area contributed by atoms with Crippen molar-refractivity contribution in [1.82, 2.24) is 0 Å². The summed E-state index contributed by atoms with van der Waals surface area (Å²) in [5.41, 5.74) is 0. The maximum Gasteiger partial charge on any atom is 0.375 e. The van der Waals surface area contributed by atoms with Crippen molar-refractivity contribution in [1.29, 1.82) is 0 Å². The first-order valence-electron chi connectivity index (χ1n) is 3.32. The number of carboxylic acid groups (broad SMARTS) is 1. The fourth-order valence-corrected chi connectivity index (χ4v) is 0.863. The van der Waals surface area contributed by atoms with Crippen LogP contribution in [0, 0.1) is 0 Å². The number of ether oxygens (including phenoxy) is 1. The van der Waals surface area contributed by atoms with Gasteiger partial charge in [0.2, 0.25) is 12.0 Å². The zero-order valence-corrected chi connectivity index (χ0v) is 6.28. The van der Waals surface area contributed by atoms with Crippen molar-refractivity contribution in [3.05, 3.63) is 11.5 Å². The molecule has 7 nitrogen and oxygen atoms in total. The van der Waals surface area contributed by atoms with Crippen molar-refractivity contribution < 1.29 is 35.1 Å². The Balaban J connectivity index is 3.01. The minimum atomic E-state index is -1.86. The highest BCUT2D eigenvalue weighted by Gasteiger charge is 2.39. The van der Waals surface area contributed by atoms with E-state index in [2.05, 4.69) is 4.74 Å². The Bertz CT molecular complexity index is 258. The molecule has 13 heavy (non-hydrogen) atoms. The minimum absolute atomic E-state index is 0.967. The van der Waals surface area contributed by atoms with Crippen LogP contribution in [0.2, 0.25) is 0 Å². The van der Waals surface area contributed by atoms with E-state index >= 15 is 0 Å². The molecule has 0 saturated carbocycles. The second kappa shape index (κ2) is 3.21. The number of aliphatic hydroxyl groups is 4. The predicted molar refractivity (Wildman–Crippen MR) is 36.4 cm³/mol. The number of carboxylic acids is 1. The molecule has 0 aromatic heterocycles. The van der Waals surface area contributed by atoms with E-state index in [0.29, 0.717) is 0 Å². The zero-order valence-electron chi connectivity index (χ0n) is 6.28. The number of hydrogen-bond donors (Lipinski definition) is 5. The summed E-state index contributed by atoms with van der Waals surface area (Å²) in [7, 11) is 0. The predicted octanol–water partition coefficient (Wildman–Crippen LogP) is -2.09. The molecular weight excluding hydrogens is 184 g/mol. The molecule has 0 amide bonds. The van der Waals surface area contributed by atoms with Crippen molar-refractivity contribution in [3.8, 4) is 0 Å².